The molecular formula is C12H16FN3O2. The molecule has 1 unspecified atom stereocenters. The Morgan fingerprint density at radius 2 is 2.50 bits per heavy atom. The van der Waals surface area contributed by atoms with Crippen molar-refractivity contribution >= 4 is 5.91 Å². The number of likely N-dealkylation sites (tertiary alicyclic amines) is 1. The summed E-state index contributed by atoms with van der Waals surface area (Å²) in [6.07, 6.45) is 0.777. The average molecular weight is 253 g/mol. The van der Waals surface area contributed by atoms with E-state index in [-0.39, 0.29) is 12.0 Å². The van der Waals surface area contributed by atoms with E-state index in [0.29, 0.717) is 19.0 Å². The highest BCUT2D eigenvalue weighted by molar-refractivity contribution is 5.77. The van der Waals surface area contributed by atoms with Gasteiger partial charge in [0.05, 0.1) is 6.54 Å². The quantitative estimate of drug-likeness (QED) is 0.790. The van der Waals surface area contributed by atoms with Gasteiger partial charge >= 0.3 is 0 Å². The van der Waals surface area contributed by atoms with E-state index in [9.17, 15) is 9.18 Å². The molecule has 1 amide bonds. The highest BCUT2D eigenvalue weighted by atomic mass is 19.1. The number of aromatic nitrogens is 1. The van der Waals surface area contributed by atoms with Gasteiger partial charge in [-0.05, 0) is 12.5 Å². The van der Waals surface area contributed by atoms with Gasteiger partial charge in [-0.25, -0.2) is 0 Å². The molecule has 0 saturated carbocycles. The molecule has 2 heterocycles. The van der Waals surface area contributed by atoms with Crippen molar-refractivity contribution in [2.45, 2.75) is 12.5 Å². The van der Waals surface area contributed by atoms with Crippen LogP contribution in [0.2, 0.25) is 0 Å². The van der Waals surface area contributed by atoms with Crippen molar-refractivity contribution in [2.24, 2.45) is 0 Å². The van der Waals surface area contributed by atoms with Crippen molar-refractivity contribution in [3.8, 4) is 5.88 Å². The summed E-state index contributed by atoms with van der Waals surface area (Å²) in [5, 5.41) is 2.58. The highest BCUT2D eigenvalue weighted by Crippen LogP contribution is 2.16. The Labute approximate surface area is 105 Å². The maximum Gasteiger partial charge on any atom is 0.233 e. The predicted octanol–water partition coefficient (Wildman–Crippen LogP) is 0.420. The number of nitrogens with one attached hydrogen (secondary N) is 1. The topological polar surface area (TPSA) is 54.5 Å². The molecular weight excluding hydrogens is 237 g/mol. The van der Waals surface area contributed by atoms with E-state index in [2.05, 4.69) is 10.3 Å². The number of nitrogens with zero attached hydrogens (tertiary/aromatic N) is 2. The molecule has 1 aliphatic rings. The van der Waals surface area contributed by atoms with Crippen molar-refractivity contribution < 1.29 is 13.9 Å². The second-order valence-electron chi connectivity index (χ2n) is 4.24. The van der Waals surface area contributed by atoms with Crippen molar-refractivity contribution in [3.05, 3.63) is 24.1 Å². The summed E-state index contributed by atoms with van der Waals surface area (Å²) in [6.45, 7) is 1.83. The summed E-state index contributed by atoms with van der Waals surface area (Å²) in [7, 11) is 1.61. The fraction of sp³-hybridized carbons (Fsp3) is 0.500. The van der Waals surface area contributed by atoms with Gasteiger partial charge in [0.15, 0.2) is 0 Å². The van der Waals surface area contributed by atoms with E-state index in [1.807, 2.05) is 4.90 Å². The Hall–Kier alpha value is -1.69. The van der Waals surface area contributed by atoms with Gasteiger partial charge in [0, 0.05) is 26.2 Å². The van der Waals surface area contributed by atoms with Crippen LogP contribution in [-0.2, 0) is 4.79 Å². The number of carbonyl (C=O) groups excluding carboxylic acids is 1. The van der Waals surface area contributed by atoms with E-state index >= 15 is 0 Å². The number of halogens is 1. The molecule has 1 aromatic rings. The molecule has 1 aliphatic heterocycles. The molecule has 2 rings (SSSR count). The van der Waals surface area contributed by atoms with E-state index in [1.165, 1.54) is 6.07 Å². The summed E-state index contributed by atoms with van der Waals surface area (Å²) in [4.78, 5) is 16.9. The maximum atomic E-state index is 12.9. The second kappa shape index (κ2) is 5.77. The lowest BCUT2D eigenvalue weighted by Crippen LogP contribution is -2.35. The molecule has 1 aromatic heterocycles. The third kappa shape index (κ3) is 3.40. The van der Waals surface area contributed by atoms with Crippen LogP contribution in [0, 0.1) is 5.95 Å². The molecule has 0 aliphatic carbocycles. The summed E-state index contributed by atoms with van der Waals surface area (Å²) < 4.78 is 18.5. The Morgan fingerprint density at radius 1 is 1.67 bits per heavy atom. The fourth-order valence-corrected chi connectivity index (χ4v) is 1.95. The first kappa shape index (κ1) is 12.8. The van der Waals surface area contributed by atoms with Crippen LogP contribution in [0.15, 0.2) is 18.2 Å². The van der Waals surface area contributed by atoms with Gasteiger partial charge < -0.3 is 10.1 Å². The summed E-state index contributed by atoms with van der Waals surface area (Å²) in [6, 6.07) is 4.47. The number of pyridine rings is 1. The van der Waals surface area contributed by atoms with Gasteiger partial charge in [0.1, 0.15) is 6.10 Å². The lowest BCUT2D eigenvalue weighted by Gasteiger charge is -2.15. The van der Waals surface area contributed by atoms with Crippen molar-refractivity contribution in [2.75, 3.05) is 26.7 Å². The number of hydrogen-bond donors (Lipinski definition) is 1. The zero-order chi connectivity index (χ0) is 13.0. The molecule has 0 aromatic carbocycles. The molecule has 0 spiro atoms. The zero-order valence-corrected chi connectivity index (χ0v) is 10.2. The molecule has 1 N–H and O–H groups in total. The fourth-order valence-electron chi connectivity index (χ4n) is 1.95. The van der Waals surface area contributed by atoms with Crippen LogP contribution in [0.5, 0.6) is 5.88 Å². The van der Waals surface area contributed by atoms with Gasteiger partial charge in [-0.15, -0.1) is 0 Å². The molecule has 1 fully saturated rings. The van der Waals surface area contributed by atoms with Crippen LogP contribution in [-0.4, -0.2) is 48.6 Å². The molecule has 5 nitrogen and oxygen atoms in total. The van der Waals surface area contributed by atoms with Gasteiger partial charge in [0.2, 0.25) is 17.7 Å². The first-order chi connectivity index (χ1) is 8.67. The van der Waals surface area contributed by atoms with Crippen molar-refractivity contribution in [1.82, 2.24) is 15.2 Å². The SMILES string of the molecule is CNC(=O)CN1CCC(Oc2cccc(F)n2)C1. The number of carbonyl (C=O) groups is 1. The maximum absolute atomic E-state index is 12.9. The summed E-state index contributed by atoms with van der Waals surface area (Å²) in [5.74, 6) is -0.269. The molecule has 6 heteroatoms. The van der Waals surface area contributed by atoms with Crippen LogP contribution < -0.4 is 10.1 Å². The molecule has 0 radical (unpaired) electrons. The van der Waals surface area contributed by atoms with Crippen LogP contribution in [0.25, 0.3) is 0 Å². The average Bonchev–Trinajstić information content (AvgIpc) is 2.76. The van der Waals surface area contributed by atoms with Crippen LogP contribution in [0.4, 0.5) is 4.39 Å². The van der Waals surface area contributed by atoms with Crippen LogP contribution in [0.3, 0.4) is 0 Å². The molecule has 1 atom stereocenters. The zero-order valence-electron chi connectivity index (χ0n) is 10.2. The van der Waals surface area contributed by atoms with Crippen LogP contribution >= 0.6 is 0 Å². The lowest BCUT2D eigenvalue weighted by atomic mass is 10.3. The number of rotatable bonds is 4. The van der Waals surface area contributed by atoms with Gasteiger partial charge in [-0.1, -0.05) is 6.07 Å². The number of ether oxygens (including phenoxy) is 1. The Morgan fingerprint density at radius 3 is 3.22 bits per heavy atom. The normalized spacial score (nSPS) is 19.8. The van der Waals surface area contributed by atoms with Gasteiger partial charge in [-0.2, -0.15) is 9.37 Å². The van der Waals surface area contributed by atoms with Gasteiger partial charge in [-0.3, -0.25) is 9.69 Å². The number of amides is 1. The third-order valence-corrected chi connectivity index (χ3v) is 2.85. The molecule has 1 saturated heterocycles. The van der Waals surface area contributed by atoms with E-state index in [1.54, 1.807) is 19.2 Å². The minimum absolute atomic E-state index is 0.0143. The van der Waals surface area contributed by atoms with E-state index in [4.69, 9.17) is 4.74 Å². The van der Waals surface area contributed by atoms with Crippen molar-refractivity contribution in [3.63, 3.8) is 0 Å². The first-order valence-electron chi connectivity index (χ1n) is 5.89. The molecule has 0 bridgehead atoms. The lowest BCUT2D eigenvalue weighted by molar-refractivity contribution is -0.121. The third-order valence-electron chi connectivity index (χ3n) is 2.85. The smallest absolute Gasteiger partial charge is 0.233 e. The molecule has 18 heavy (non-hydrogen) atoms. The Kier molecular flexibility index (Phi) is 4.09. The van der Waals surface area contributed by atoms with E-state index in [0.717, 1.165) is 13.0 Å². The minimum atomic E-state index is -0.548. The number of likely N-dealkylation sites (N-methyl/N-ethyl adjacent to an activating group) is 1. The van der Waals surface area contributed by atoms with Crippen LogP contribution in [0.1, 0.15) is 6.42 Å². The highest BCUT2D eigenvalue weighted by Gasteiger charge is 2.25. The minimum Gasteiger partial charge on any atom is -0.473 e. The van der Waals surface area contributed by atoms with Crippen molar-refractivity contribution in [1.29, 1.82) is 0 Å². The second-order valence-corrected chi connectivity index (χ2v) is 4.24. The Bertz CT molecular complexity index is 428. The number of hydrogen-bond acceptors (Lipinski definition) is 4. The monoisotopic (exact) mass is 253 g/mol. The van der Waals surface area contributed by atoms with Gasteiger partial charge in [0.25, 0.3) is 0 Å². The summed E-state index contributed by atoms with van der Waals surface area (Å²) in [5.41, 5.74) is 0. The standard InChI is InChI=1S/C12H16FN3O2/c1-14-11(17)8-16-6-5-9(7-16)18-12-4-2-3-10(13)15-12/h2-4,9H,5-8H2,1H3,(H,14,17). The largest absolute Gasteiger partial charge is 0.473 e. The predicted molar refractivity (Wildman–Crippen MR) is 63.7 cm³/mol. The summed E-state index contributed by atoms with van der Waals surface area (Å²) >= 11 is 0. The first-order valence-corrected chi connectivity index (χ1v) is 5.89. The van der Waals surface area contributed by atoms with E-state index < -0.39 is 5.95 Å². The Balaban J connectivity index is 1.84. The molecule has 98 valence electrons.